The van der Waals surface area contributed by atoms with Gasteiger partial charge in [0, 0.05) is 32.8 Å². The maximum absolute atomic E-state index is 12.6. The molecule has 2 atom stereocenters. The summed E-state index contributed by atoms with van der Waals surface area (Å²) in [5.41, 5.74) is 1.04. The van der Waals surface area contributed by atoms with Gasteiger partial charge < -0.3 is 36.6 Å². The molecule has 1 aliphatic rings. The highest BCUT2D eigenvalue weighted by Crippen LogP contribution is 2.26. The lowest BCUT2D eigenvalue weighted by Gasteiger charge is -2.20. The third-order valence-corrected chi connectivity index (χ3v) is 5.73. The number of β-amino-alcohol motifs (C(OH)–C–C–N with tert-alkyl or cyclic N) is 1. The van der Waals surface area contributed by atoms with Crippen LogP contribution in [-0.2, 0) is 9.59 Å². The van der Waals surface area contributed by atoms with E-state index >= 15 is 0 Å². The third-order valence-electron chi connectivity index (χ3n) is 4.82. The van der Waals surface area contributed by atoms with Gasteiger partial charge in [0.2, 0.25) is 5.91 Å². The molecule has 0 spiro atoms. The quantitative estimate of drug-likeness (QED) is 0.236. The molecule has 3 rings (SSSR count). The Morgan fingerprint density at radius 2 is 1.83 bits per heavy atom. The van der Waals surface area contributed by atoms with Gasteiger partial charge in [0.1, 0.15) is 5.75 Å². The molecule has 0 aliphatic carbocycles. The van der Waals surface area contributed by atoms with Crippen molar-refractivity contribution >= 4 is 61.3 Å². The molecule has 11 nitrogen and oxygen atoms in total. The van der Waals surface area contributed by atoms with Gasteiger partial charge in [0.25, 0.3) is 5.91 Å². The van der Waals surface area contributed by atoms with Crippen molar-refractivity contribution in [2.24, 2.45) is 4.99 Å². The first-order chi connectivity index (χ1) is 16.6. The van der Waals surface area contributed by atoms with Crippen LogP contribution in [0, 0.1) is 0 Å². The molecule has 1 heterocycles. The van der Waals surface area contributed by atoms with Crippen LogP contribution in [0.1, 0.15) is 28.4 Å². The van der Waals surface area contributed by atoms with Gasteiger partial charge in [-0.3, -0.25) is 19.4 Å². The molecular formula is C22H23Br2N5O6. The molecule has 2 aromatic carbocycles. The number of benzene rings is 2. The van der Waals surface area contributed by atoms with Gasteiger partial charge in [-0.1, -0.05) is 31.9 Å². The standard InChI is InChI=1S/C22H23Br2N5O6/c23-13-1-11(2-14(24)5-13)18(7-20(33)34)29-19(32)10-25-21(35)12-3-15(6-16(30)4-12)28-22-26-8-17(31)9-27-22/h1-6,17-18,30-31H,7-10H2,(H,25,35)(H,29,32)(H,33,34)(H2,26,27,28). The SMILES string of the molecule is O=C(O)CC(NC(=O)CNC(=O)c1cc(O)cc(NC2=NCC(O)CN2)c1)c1cc(Br)cc(Br)c1. The van der Waals surface area contributed by atoms with Crippen molar-refractivity contribution in [2.45, 2.75) is 18.6 Å². The summed E-state index contributed by atoms with van der Waals surface area (Å²) in [6, 6.07) is 8.46. The number of carboxylic acids is 1. The predicted molar refractivity (Wildman–Crippen MR) is 135 cm³/mol. The number of rotatable bonds is 8. The van der Waals surface area contributed by atoms with Crippen molar-refractivity contribution in [3.05, 3.63) is 56.5 Å². The molecule has 0 saturated carbocycles. The average molecular weight is 613 g/mol. The number of anilines is 1. The fourth-order valence-electron chi connectivity index (χ4n) is 3.28. The number of phenols is 1. The highest BCUT2D eigenvalue weighted by Gasteiger charge is 2.20. The zero-order valence-electron chi connectivity index (χ0n) is 18.2. The largest absolute Gasteiger partial charge is 0.508 e. The Hall–Kier alpha value is -3.16. The molecule has 2 unspecified atom stereocenters. The Morgan fingerprint density at radius 1 is 1.11 bits per heavy atom. The number of aliphatic carboxylic acids is 1. The number of halogens is 2. The second-order valence-electron chi connectivity index (χ2n) is 7.72. The van der Waals surface area contributed by atoms with Crippen LogP contribution in [0.25, 0.3) is 0 Å². The number of aliphatic hydroxyl groups excluding tert-OH is 1. The minimum absolute atomic E-state index is 0.0924. The lowest BCUT2D eigenvalue weighted by molar-refractivity contribution is -0.137. The van der Waals surface area contributed by atoms with Gasteiger partial charge in [-0.05, 0) is 35.9 Å². The Labute approximate surface area is 217 Å². The summed E-state index contributed by atoms with van der Waals surface area (Å²) in [5, 5.41) is 39.6. The van der Waals surface area contributed by atoms with Crippen LogP contribution in [0.5, 0.6) is 5.75 Å². The van der Waals surface area contributed by atoms with Gasteiger partial charge >= 0.3 is 5.97 Å². The summed E-state index contributed by atoms with van der Waals surface area (Å²) in [4.78, 5) is 40.5. The number of carbonyl (C=O) groups is 3. The van der Waals surface area contributed by atoms with Crippen molar-refractivity contribution in [1.29, 1.82) is 0 Å². The maximum Gasteiger partial charge on any atom is 0.305 e. The minimum atomic E-state index is -1.10. The van der Waals surface area contributed by atoms with Gasteiger partial charge in [0.05, 0.1) is 31.7 Å². The van der Waals surface area contributed by atoms with Crippen LogP contribution < -0.4 is 21.3 Å². The van der Waals surface area contributed by atoms with Crippen molar-refractivity contribution in [1.82, 2.24) is 16.0 Å². The Bertz CT molecular complexity index is 1140. The first kappa shape index (κ1) is 26.4. The fraction of sp³-hybridized carbons (Fsp3) is 0.273. The first-order valence-corrected chi connectivity index (χ1v) is 12.0. The highest BCUT2D eigenvalue weighted by molar-refractivity contribution is 9.11. The number of amides is 2. The molecule has 186 valence electrons. The zero-order valence-corrected chi connectivity index (χ0v) is 21.4. The normalized spacial score (nSPS) is 15.9. The van der Waals surface area contributed by atoms with E-state index in [0.29, 0.717) is 32.7 Å². The van der Waals surface area contributed by atoms with Crippen LogP contribution in [0.15, 0.2) is 50.3 Å². The molecule has 7 N–H and O–H groups in total. The number of carboxylic acid groups (broad SMARTS) is 1. The van der Waals surface area contributed by atoms with Crippen molar-refractivity contribution in [3.8, 4) is 5.75 Å². The number of carbonyl (C=O) groups excluding carboxylic acids is 2. The van der Waals surface area contributed by atoms with E-state index in [-0.39, 0.29) is 24.3 Å². The number of aliphatic hydroxyl groups is 1. The molecule has 2 aromatic rings. The molecule has 2 amide bonds. The molecule has 35 heavy (non-hydrogen) atoms. The van der Waals surface area contributed by atoms with Crippen molar-refractivity contribution in [3.63, 3.8) is 0 Å². The third kappa shape index (κ3) is 8.23. The van der Waals surface area contributed by atoms with Crippen molar-refractivity contribution < 1.29 is 29.7 Å². The number of nitrogens with one attached hydrogen (secondary N) is 4. The van der Waals surface area contributed by atoms with Crippen LogP contribution >= 0.6 is 31.9 Å². The summed E-state index contributed by atoms with van der Waals surface area (Å²) in [6.07, 6.45) is -0.934. The van der Waals surface area contributed by atoms with Crippen LogP contribution in [-0.4, -0.2) is 64.8 Å². The second-order valence-corrected chi connectivity index (χ2v) is 9.55. The Balaban J connectivity index is 1.63. The minimum Gasteiger partial charge on any atom is -0.508 e. The van der Waals surface area contributed by atoms with Gasteiger partial charge in [-0.25, -0.2) is 0 Å². The van der Waals surface area contributed by atoms with Crippen LogP contribution in [0.4, 0.5) is 5.69 Å². The van der Waals surface area contributed by atoms with E-state index < -0.39 is 36.5 Å². The molecule has 1 aliphatic heterocycles. The number of guanidine groups is 1. The molecule has 13 heteroatoms. The molecule has 0 radical (unpaired) electrons. The highest BCUT2D eigenvalue weighted by atomic mass is 79.9. The smallest absolute Gasteiger partial charge is 0.305 e. The predicted octanol–water partition coefficient (Wildman–Crippen LogP) is 1.71. The average Bonchev–Trinajstić information content (AvgIpc) is 2.77. The van der Waals surface area contributed by atoms with Crippen molar-refractivity contribution in [2.75, 3.05) is 25.0 Å². The second kappa shape index (κ2) is 12.0. The van der Waals surface area contributed by atoms with Crippen LogP contribution in [0.2, 0.25) is 0 Å². The summed E-state index contributed by atoms with van der Waals surface area (Å²) in [5.74, 6) is -2.09. The monoisotopic (exact) mass is 611 g/mol. The van der Waals surface area contributed by atoms with E-state index in [2.05, 4.69) is 58.1 Å². The summed E-state index contributed by atoms with van der Waals surface area (Å²) < 4.78 is 1.41. The summed E-state index contributed by atoms with van der Waals surface area (Å²) in [7, 11) is 0. The maximum atomic E-state index is 12.6. The zero-order chi connectivity index (χ0) is 25.5. The summed E-state index contributed by atoms with van der Waals surface area (Å²) in [6.45, 7) is 0.123. The van der Waals surface area contributed by atoms with E-state index in [9.17, 15) is 29.7 Å². The number of nitrogens with zero attached hydrogens (tertiary/aromatic N) is 1. The molecule has 0 bridgehead atoms. The molecule has 0 fully saturated rings. The van der Waals surface area contributed by atoms with E-state index in [4.69, 9.17) is 0 Å². The molecule has 0 aromatic heterocycles. The molecule has 0 saturated heterocycles. The van der Waals surface area contributed by atoms with Gasteiger partial charge in [-0.15, -0.1) is 0 Å². The number of aromatic hydroxyl groups is 1. The Morgan fingerprint density at radius 3 is 2.46 bits per heavy atom. The fourth-order valence-corrected chi connectivity index (χ4v) is 4.61. The first-order valence-electron chi connectivity index (χ1n) is 10.4. The van der Waals surface area contributed by atoms with E-state index in [0.717, 1.165) is 0 Å². The van der Waals surface area contributed by atoms with E-state index in [1.165, 1.54) is 18.2 Å². The van der Waals surface area contributed by atoms with E-state index in [1.807, 2.05) is 0 Å². The lowest BCUT2D eigenvalue weighted by atomic mass is 10.0. The number of phenolic OH excluding ortho intramolecular Hbond substituents is 1. The topological polar surface area (TPSA) is 172 Å². The summed E-state index contributed by atoms with van der Waals surface area (Å²) >= 11 is 6.68. The Kier molecular flexibility index (Phi) is 9.07. The van der Waals surface area contributed by atoms with Gasteiger partial charge in [0.15, 0.2) is 5.96 Å². The lowest BCUT2D eigenvalue weighted by Crippen LogP contribution is -2.42. The number of aliphatic imine (C=N–C) groups is 1. The van der Waals surface area contributed by atoms with E-state index in [1.54, 1.807) is 18.2 Å². The number of hydrogen-bond acceptors (Lipinski definition) is 8. The molecular weight excluding hydrogens is 590 g/mol. The van der Waals surface area contributed by atoms with Gasteiger partial charge in [-0.2, -0.15) is 0 Å². The number of hydrogen-bond donors (Lipinski definition) is 7. The van der Waals surface area contributed by atoms with Crippen LogP contribution in [0.3, 0.4) is 0 Å².